The molecule has 1 saturated heterocycles. The lowest BCUT2D eigenvalue weighted by Gasteiger charge is -2.38. The number of hydrogen-bond acceptors (Lipinski definition) is 3. The lowest BCUT2D eigenvalue weighted by molar-refractivity contribution is -0.145. The Bertz CT molecular complexity index is 631. The Kier molecular flexibility index (Phi) is 7.47. The average Bonchev–Trinajstić information content (AvgIpc) is 2.66. The molecular weight excluding hydrogens is 350 g/mol. The predicted octanol–water partition coefficient (Wildman–Crippen LogP) is 2.28. The number of nitrogens with one attached hydrogen (secondary N) is 2. The molecule has 5 nitrogen and oxygen atoms in total. The van der Waals surface area contributed by atoms with E-state index in [0.29, 0.717) is 13.0 Å². The summed E-state index contributed by atoms with van der Waals surface area (Å²) in [5.74, 6) is 0.00990. The summed E-state index contributed by atoms with van der Waals surface area (Å²) in [5.41, 5.74) is 2.33. The maximum absolute atomic E-state index is 13.0. The second-order valence-electron chi connectivity index (χ2n) is 7.32. The van der Waals surface area contributed by atoms with E-state index in [9.17, 15) is 9.59 Å². The van der Waals surface area contributed by atoms with Gasteiger partial charge in [-0.05, 0) is 36.9 Å². The highest BCUT2D eigenvalue weighted by molar-refractivity contribution is 5.89. The standard InChI is InChI=1S/C20H29N3O2.ClH/c1-3-14(2)20(25)23-13-16-8-5-4-7-15(16)11-18(23)19(24)22-17-9-6-10-21-12-17;/h4-5,7-8,14,17-18,21H,3,6,9-13H2,1-2H3,(H,22,24);1H/t14?,17-,18?;/m0./s1. The number of amides is 2. The number of rotatable bonds is 4. The number of hydrogen-bond donors (Lipinski definition) is 2. The Labute approximate surface area is 162 Å². The molecule has 0 aromatic heterocycles. The monoisotopic (exact) mass is 379 g/mol. The molecule has 0 bridgehead atoms. The number of carbonyl (C=O) groups excluding carboxylic acids is 2. The fourth-order valence-corrected chi connectivity index (χ4v) is 3.72. The number of piperidine rings is 1. The van der Waals surface area contributed by atoms with Crippen molar-refractivity contribution in [3.8, 4) is 0 Å². The first kappa shape index (κ1) is 20.7. The lowest BCUT2D eigenvalue weighted by atomic mass is 9.91. The molecule has 2 aliphatic rings. The Morgan fingerprint density at radius 2 is 2.04 bits per heavy atom. The summed E-state index contributed by atoms with van der Waals surface area (Å²) in [5, 5.41) is 6.49. The molecule has 1 aromatic rings. The highest BCUT2D eigenvalue weighted by Gasteiger charge is 2.36. The zero-order valence-corrected chi connectivity index (χ0v) is 16.5. The number of fused-ring (bicyclic) bond motifs is 1. The minimum Gasteiger partial charge on any atom is -0.350 e. The summed E-state index contributed by atoms with van der Waals surface area (Å²) < 4.78 is 0. The van der Waals surface area contributed by atoms with Crippen molar-refractivity contribution in [3.63, 3.8) is 0 Å². The number of halogens is 1. The largest absolute Gasteiger partial charge is 0.350 e. The number of nitrogens with zero attached hydrogens (tertiary/aromatic N) is 1. The van der Waals surface area contributed by atoms with Gasteiger partial charge in [0.15, 0.2) is 0 Å². The lowest BCUT2D eigenvalue weighted by Crippen LogP contribution is -2.57. The third-order valence-corrected chi connectivity index (χ3v) is 5.51. The smallest absolute Gasteiger partial charge is 0.243 e. The van der Waals surface area contributed by atoms with Crippen LogP contribution in [0, 0.1) is 5.92 Å². The summed E-state index contributed by atoms with van der Waals surface area (Å²) in [7, 11) is 0. The van der Waals surface area contributed by atoms with E-state index < -0.39 is 6.04 Å². The van der Waals surface area contributed by atoms with Crippen molar-refractivity contribution >= 4 is 24.2 Å². The van der Waals surface area contributed by atoms with Gasteiger partial charge in [-0.1, -0.05) is 38.1 Å². The molecule has 144 valence electrons. The van der Waals surface area contributed by atoms with Crippen molar-refractivity contribution in [1.82, 2.24) is 15.5 Å². The first-order valence-corrected chi connectivity index (χ1v) is 9.48. The van der Waals surface area contributed by atoms with Crippen molar-refractivity contribution in [2.45, 2.75) is 58.2 Å². The highest BCUT2D eigenvalue weighted by atomic mass is 35.5. The van der Waals surface area contributed by atoms with E-state index in [2.05, 4.69) is 22.8 Å². The zero-order chi connectivity index (χ0) is 17.8. The molecule has 0 aliphatic carbocycles. The van der Waals surface area contributed by atoms with E-state index in [1.165, 1.54) is 5.56 Å². The summed E-state index contributed by atoms with van der Waals surface area (Å²) in [6.45, 7) is 6.32. The minimum absolute atomic E-state index is 0. The van der Waals surface area contributed by atoms with Crippen molar-refractivity contribution in [2.75, 3.05) is 13.1 Å². The Hall–Kier alpha value is -1.59. The van der Waals surface area contributed by atoms with Gasteiger partial charge in [-0.15, -0.1) is 12.4 Å². The molecule has 0 saturated carbocycles. The maximum Gasteiger partial charge on any atom is 0.243 e. The van der Waals surface area contributed by atoms with Crippen molar-refractivity contribution in [2.24, 2.45) is 5.92 Å². The fraction of sp³-hybridized carbons (Fsp3) is 0.600. The van der Waals surface area contributed by atoms with Gasteiger partial charge in [-0.2, -0.15) is 0 Å². The summed E-state index contributed by atoms with van der Waals surface area (Å²) in [6.07, 6.45) is 3.47. The van der Waals surface area contributed by atoms with Gasteiger partial charge in [-0.25, -0.2) is 0 Å². The maximum atomic E-state index is 13.0. The summed E-state index contributed by atoms with van der Waals surface area (Å²) >= 11 is 0. The van der Waals surface area contributed by atoms with Gasteiger partial charge >= 0.3 is 0 Å². The van der Waals surface area contributed by atoms with Crippen LogP contribution in [0.5, 0.6) is 0 Å². The molecule has 1 aromatic carbocycles. The van der Waals surface area contributed by atoms with Gasteiger partial charge in [0.1, 0.15) is 6.04 Å². The van der Waals surface area contributed by atoms with Crippen LogP contribution in [0.15, 0.2) is 24.3 Å². The molecule has 3 atom stereocenters. The molecule has 6 heteroatoms. The van der Waals surface area contributed by atoms with Crippen LogP contribution in [0.3, 0.4) is 0 Å². The zero-order valence-electron chi connectivity index (χ0n) is 15.7. The topological polar surface area (TPSA) is 61.4 Å². The molecule has 1 fully saturated rings. The SMILES string of the molecule is CCC(C)C(=O)N1Cc2ccccc2CC1C(=O)N[C@H]1CCCNC1.Cl. The normalized spacial score (nSPS) is 23.4. The van der Waals surface area contributed by atoms with Crippen LogP contribution < -0.4 is 10.6 Å². The van der Waals surface area contributed by atoms with Gasteiger partial charge in [-0.3, -0.25) is 9.59 Å². The number of benzene rings is 1. The molecule has 26 heavy (non-hydrogen) atoms. The predicted molar refractivity (Wildman–Crippen MR) is 105 cm³/mol. The molecular formula is C20H30ClN3O2. The van der Waals surface area contributed by atoms with Crippen molar-refractivity contribution in [3.05, 3.63) is 35.4 Å². The van der Waals surface area contributed by atoms with Gasteiger partial charge in [0, 0.05) is 31.5 Å². The minimum atomic E-state index is -0.404. The van der Waals surface area contributed by atoms with Gasteiger partial charge in [0.2, 0.25) is 11.8 Å². The fourth-order valence-electron chi connectivity index (χ4n) is 3.72. The molecule has 0 spiro atoms. The van der Waals surface area contributed by atoms with E-state index in [0.717, 1.165) is 37.9 Å². The van der Waals surface area contributed by atoms with Crippen LogP contribution in [0.25, 0.3) is 0 Å². The Balaban J connectivity index is 0.00000243. The average molecular weight is 380 g/mol. The first-order chi connectivity index (χ1) is 12.1. The van der Waals surface area contributed by atoms with E-state index in [4.69, 9.17) is 0 Å². The van der Waals surface area contributed by atoms with Gasteiger partial charge in [0.25, 0.3) is 0 Å². The molecule has 0 radical (unpaired) electrons. The summed E-state index contributed by atoms with van der Waals surface area (Å²) in [6, 6.07) is 7.90. The molecule has 2 amide bonds. The molecule has 3 rings (SSSR count). The van der Waals surface area contributed by atoms with Gasteiger partial charge in [0.05, 0.1) is 0 Å². The molecule has 2 N–H and O–H groups in total. The van der Waals surface area contributed by atoms with Crippen LogP contribution in [0.4, 0.5) is 0 Å². The van der Waals surface area contributed by atoms with E-state index in [-0.39, 0.29) is 36.2 Å². The van der Waals surface area contributed by atoms with Crippen molar-refractivity contribution in [1.29, 1.82) is 0 Å². The van der Waals surface area contributed by atoms with Crippen LogP contribution in [0.2, 0.25) is 0 Å². The Morgan fingerprint density at radius 3 is 2.69 bits per heavy atom. The first-order valence-electron chi connectivity index (χ1n) is 9.48. The number of carbonyl (C=O) groups is 2. The third-order valence-electron chi connectivity index (χ3n) is 5.51. The summed E-state index contributed by atoms with van der Waals surface area (Å²) in [4.78, 5) is 27.6. The van der Waals surface area contributed by atoms with E-state index >= 15 is 0 Å². The highest BCUT2D eigenvalue weighted by Crippen LogP contribution is 2.25. The van der Waals surface area contributed by atoms with Crippen LogP contribution in [0.1, 0.15) is 44.2 Å². The van der Waals surface area contributed by atoms with Crippen LogP contribution in [-0.4, -0.2) is 41.9 Å². The van der Waals surface area contributed by atoms with E-state index in [1.807, 2.05) is 26.0 Å². The molecule has 2 aliphatic heterocycles. The molecule has 2 unspecified atom stereocenters. The van der Waals surface area contributed by atoms with Crippen LogP contribution >= 0.6 is 12.4 Å². The second-order valence-corrected chi connectivity index (χ2v) is 7.32. The Morgan fingerprint density at radius 1 is 1.31 bits per heavy atom. The second kappa shape index (κ2) is 9.38. The van der Waals surface area contributed by atoms with Gasteiger partial charge < -0.3 is 15.5 Å². The van der Waals surface area contributed by atoms with Crippen molar-refractivity contribution < 1.29 is 9.59 Å². The quantitative estimate of drug-likeness (QED) is 0.843. The van der Waals surface area contributed by atoms with Crippen LogP contribution in [-0.2, 0) is 22.6 Å². The molecule has 2 heterocycles. The third kappa shape index (κ3) is 4.57. The van der Waals surface area contributed by atoms with E-state index in [1.54, 1.807) is 4.90 Å².